The van der Waals surface area contributed by atoms with Crippen molar-refractivity contribution in [3.05, 3.63) is 34.7 Å². The van der Waals surface area contributed by atoms with Crippen LogP contribution in [0.25, 0.3) is 0 Å². The maximum Gasteiger partial charge on any atom is 0.115 e. The van der Waals surface area contributed by atoms with E-state index in [1.165, 1.54) is 19.2 Å². The molecule has 1 atom stereocenters. The lowest BCUT2D eigenvalue weighted by Gasteiger charge is -2.14. The Morgan fingerprint density at radius 2 is 2.00 bits per heavy atom. The molecule has 0 aliphatic rings. The number of rotatable bonds is 4. The first-order valence-electron chi connectivity index (χ1n) is 4.15. The molecule has 5 heteroatoms. The molecule has 5 nitrogen and oxygen atoms in total. The molecule has 0 fully saturated rings. The van der Waals surface area contributed by atoms with Gasteiger partial charge in [-0.1, -0.05) is 12.1 Å². The van der Waals surface area contributed by atoms with E-state index in [2.05, 4.69) is 5.29 Å². The number of aliphatic hydroxyl groups excluding tert-OH is 1. The molecule has 76 valence electrons. The maximum absolute atomic E-state index is 10.1. The average molecular weight is 196 g/mol. The van der Waals surface area contributed by atoms with Gasteiger partial charge in [-0.15, -0.1) is 4.91 Å². The molecule has 0 aliphatic heterocycles. The van der Waals surface area contributed by atoms with Crippen LogP contribution in [-0.4, -0.2) is 28.8 Å². The Morgan fingerprint density at radius 3 is 2.50 bits per heavy atom. The van der Waals surface area contributed by atoms with Crippen molar-refractivity contribution < 1.29 is 10.2 Å². The van der Waals surface area contributed by atoms with Crippen molar-refractivity contribution >= 4 is 0 Å². The van der Waals surface area contributed by atoms with Crippen LogP contribution in [0.2, 0.25) is 0 Å². The Labute approximate surface area is 81.5 Å². The van der Waals surface area contributed by atoms with Crippen LogP contribution in [0.15, 0.2) is 29.6 Å². The van der Waals surface area contributed by atoms with Crippen LogP contribution in [0.4, 0.5) is 0 Å². The number of aliphatic hydroxyl groups is 1. The summed E-state index contributed by atoms with van der Waals surface area (Å²) in [4.78, 5) is 10.1. The van der Waals surface area contributed by atoms with E-state index in [0.717, 1.165) is 5.01 Å². The molecule has 1 rings (SSSR count). The third-order valence-electron chi connectivity index (χ3n) is 1.85. The van der Waals surface area contributed by atoms with Gasteiger partial charge in [0.2, 0.25) is 0 Å². The van der Waals surface area contributed by atoms with E-state index in [-0.39, 0.29) is 12.3 Å². The third-order valence-corrected chi connectivity index (χ3v) is 1.85. The first kappa shape index (κ1) is 10.5. The summed E-state index contributed by atoms with van der Waals surface area (Å²) < 4.78 is 0. The van der Waals surface area contributed by atoms with Crippen LogP contribution >= 0.6 is 0 Å². The monoisotopic (exact) mass is 196 g/mol. The van der Waals surface area contributed by atoms with Crippen LogP contribution in [0.5, 0.6) is 5.75 Å². The van der Waals surface area contributed by atoms with Gasteiger partial charge in [-0.2, -0.15) is 0 Å². The molecule has 1 aromatic rings. The smallest absolute Gasteiger partial charge is 0.115 e. The summed E-state index contributed by atoms with van der Waals surface area (Å²) in [6.45, 7) is 0.133. The van der Waals surface area contributed by atoms with Crippen molar-refractivity contribution in [3.8, 4) is 5.75 Å². The lowest BCUT2D eigenvalue weighted by Crippen LogP contribution is -2.18. The molecule has 0 aromatic heterocycles. The molecule has 0 saturated carbocycles. The highest BCUT2D eigenvalue weighted by molar-refractivity contribution is 5.27. The van der Waals surface area contributed by atoms with Gasteiger partial charge in [0.1, 0.15) is 5.75 Å². The summed E-state index contributed by atoms with van der Waals surface area (Å²) in [5.41, 5.74) is 0.637. The predicted molar refractivity (Wildman–Crippen MR) is 51.5 cm³/mol. The zero-order valence-corrected chi connectivity index (χ0v) is 7.79. The van der Waals surface area contributed by atoms with E-state index in [0.29, 0.717) is 5.56 Å². The highest BCUT2D eigenvalue weighted by Gasteiger charge is 2.09. The Balaban J connectivity index is 2.64. The fraction of sp³-hybridized carbons (Fsp3) is 0.333. The fourth-order valence-corrected chi connectivity index (χ4v) is 1.09. The minimum Gasteiger partial charge on any atom is -0.508 e. The second-order valence-electron chi connectivity index (χ2n) is 3.03. The van der Waals surface area contributed by atoms with Gasteiger partial charge in [-0.3, -0.25) is 5.01 Å². The maximum atomic E-state index is 10.1. The first-order valence-corrected chi connectivity index (χ1v) is 4.15. The molecule has 1 unspecified atom stereocenters. The Kier molecular flexibility index (Phi) is 3.41. The van der Waals surface area contributed by atoms with Gasteiger partial charge in [-0.25, -0.2) is 0 Å². The summed E-state index contributed by atoms with van der Waals surface area (Å²) in [6.07, 6.45) is -0.779. The number of likely N-dealkylation sites (N-methyl/N-ethyl adjacent to an activating group) is 1. The summed E-state index contributed by atoms with van der Waals surface area (Å²) in [6, 6.07) is 6.15. The molecule has 0 heterocycles. The zero-order chi connectivity index (χ0) is 10.6. The quantitative estimate of drug-likeness (QED) is 0.557. The van der Waals surface area contributed by atoms with E-state index in [4.69, 9.17) is 5.11 Å². The van der Waals surface area contributed by atoms with Crippen LogP contribution in [-0.2, 0) is 0 Å². The van der Waals surface area contributed by atoms with Crippen molar-refractivity contribution in [2.24, 2.45) is 5.29 Å². The van der Waals surface area contributed by atoms with E-state index in [9.17, 15) is 10.0 Å². The molecule has 0 saturated heterocycles. The number of benzene rings is 1. The zero-order valence-electron chi connectivity index (χ0n) is 7.79. The molecule has 1 aromatic carbocycles. The molecule has 14 heavy (non-hydrogen) atoms. The van der Waals surface area contributed by atoms with Crippen molar-refractivity contribution in [3.63, 3.8) is 0 Å². The van der Waals surface area contributed by atoms with Crippen molar-refractivity contribution in [1.29, 1.82) is 0 Å². The van der Waals surface area contributed by atoms with E-state index in [1.807, 2.05) is 0 Å². The van der Waals surface area contributed by atoms with Gasteiger partial charge in [0, 0.05) is 7.05 Å². The number of nitrogens with zero attached hydrogens (tertiary/aromatic N) is 2. The van der Waals surface area contributed by atoms with Crippen molar-refractivity contribution in [2.75, 3.05) is 13.6 Å². The van der Waals surface area contributed by atoms with Crippen molar-refractivity contribution in [2.45, 2.75) is 6.10 Å². The van der Waals surface area contributed by atoms with Gasteiger partial charge < -0.3 is 10.2 Å². The lowest BCUT2D eigenvalue weighted by atomic mass is 10.1. The lowest BCUT2D eigenvalue weighted by molar-refractivity contribution is 0.128. The van der Waals surface area contributed by atoms with Gasteiger partial charge in [0.05, 0.1) is 17.9 Å². The Morgan fingerprint density at radius 1 is 1.43 bits per heavy atom. The molecule has 0 bridgehead atoms. The van der Waals surface area contributed by atoms with Crippen molar-refractivity contribution in [1.82, 2.24) is 5.01 Å². The summed E-state index contributed by atoms with van der Waals surface area (Å²) in [5, 5.41) is 22.4. The molecule has 0 spiro atoms. The van der Waals surface area contributed by atoms with E-state index >= 15 is 0 Å². The summed E-state index contributed by atoms with van der Waals surface area (Å²) in [5.74, 6) is 0.141. The molecule has 2 N–H and O–H groups in total. The summed E-state index contributed by atoms with van der Waals surface area (Å²) >= 11 is 0. The standard InChI is InChI=1S/C9H12N2O3/c1-11(10-14)6-9(13)7-2-4-8(12)5-3-7/h2-5,9,12-13H,6H2,1H3. The number of hydrogen-bond acceptors (Lipinski definition) is 4. The Bertz CT molecular complexity index is 299. The number of aromatic hydroxyl groups is 1. The normalized spacial score (nSPS) is 12.1. The average Bonchev–Trinajstić information content (AvgIpc) is 2.18. The Hall–Kier alpha value is -1.62. The number of phenols is 1. The van der Waals surface area contributed by atoms with Gasteiger partial charge >= 0.3 is 0 Å². The van der Waals surface area contributed by atoms with Crippen LogP contribution in [0.3, 0.4) is 0 Å². The van der Waals surface area contributed by atoms with Gasteiger partial charge in [0.15, 0.2) is 0 Å². The molecule has 0 radical (unpaired) electrons. The highest BCUT2D eigenvalue weighted by atomic mass is 16.3. The SMILES string of the molecule is CN(CC(O)c1ccc(O)cc1)N=O. The fourth-order valence-electron chi connectivity index (χ4n) is 1.09. The third kappa shape index (κ3) is 2.70. The first-order chi connectivity index (χ1) is 6.63. The van der Waals surface area contributed by atoms with Crippen LogP contribution in [0, 0.1) is 4.91 Å². The molecule has 0 amide bonds. The molecular formula is C9H12N2O3. The van der Waals surface area contributed by atoms with Gasteiger partial charge in [-0.05, 0) is 17.7 Å². The predicted octanol–water partition coefficient (Wildman–Crippen LogP) is 1.04. The second kappa shape index (κ2) is 4.57. The largest absolute Gasteiger partial charge is 0.508 e. The summed E-state index contributed by atoms with van der Waals surface area (Å²) in [7, 11) is 1.48. The highest BCUT2D eigenvalue weighted by Crippen LogP contribution is 2.17. The number of phenolic OH excluding ortho intramolecular Hbond substituents is 1. The van der Waals surface area contributed by atoms with E-state index < -0.39 is 6.10 Å². The van der Waals surface area contributed by atoms with Crippen LogP contribution < -0.4 is 0 Å². The minimum atomic E-state index is -0.779. The number of hydrogen-bond donors (Lipinski definition) is 2. The number of nitroso groups, excluding NO2 is 1. The minimum absolute atomic E-state index is 0.133. The second-order valence-corrected chi connectivity index (χ2v) is 3.03. The van der Waals surface area contributed by atoms with E-state index in [1.54, 1.807) is 12.1 Å². The topological polar surface area (TPSA) is 73.1 Å². The van der Waals surface area contributed by atoms with Gasteiger partial charge in [0.25, 0.3) is 0 Å². The molecular weight excluding hydrogens is 184 g/mol. The van der Waals surface area contributed by atoms with Crippen LogP contribution in [0.1, 0.15) is 11.7 Å². The molecule has 0 aliphatic carbocycles.